The van der Waals surface area contributed by atoms with E-state index >= 15 is 0 Å². The molecule has 4 aromatic carbocycles. The second-order valence-electron chi connectivity index (χ2n) is 17.9. The Kier molecular flexibility index (Phi) is 8.80. The molecular weight excluding hydrogens is 789 g/mol. The molecule has 0 N–H and O–H groups in total. The second-order valence-corrected chi connectivity index (χ2v) is 17.9. The molecule has 6 aliphatic carbocycles. The average molecular weight is 833 g/mol. The molecule has 4 atom stereocenters. The molecule has 0 saturated carbocycles. The van der Waals surface area contributed by atoms with Gasteiger partial charge in [-0.15, -0.1) is 0 Å². The topological polar surface area (TPSA) is 51.6 Å². The van der Waals surface area contributed by atoms with E-state index in [0.29, 0.717) is 5.82 Å². The van der Waals surface area contributed by atoms with Gasteiger partial charge in [-0.05, 0) is 105 Å². The van der Waals surface area contributed by atoms with Crippen LogP contribution in [0.15, 0.2) is 229 Å². The Morgan fingerprint density at radius 3 is 2.15 bits per heavy atom. The zero-order valence-corrected chi connectivity index (χ0v) is 35.8. The van der Waals surface area contributed by atoms with Gasteiger partial charge < -0.3 is 0 Å². The summed E-state index contributed by atoms with van der Waals surface area (Å²) in [5, 5.41) is 2.10. The van der Waals surface area contributed by atoms with E-state index in [1.807, 2.05) is 18.3 Å². The third-order valence-corrected chi connectivity index (χ3v) is 14.4. The van der Waals surface area contributed by atoms with Crippen LogP contribution in [0.25, 0.3) is 61.3 Å². The first-order valence-corrected chi connectivity index (χ1v) is 23.0. The van der Waals surface area contributed by atoms with E-state index in [2.05, 4.69) is 194 Å². The monoisotopic (exact) mass is 832 g/mol. The molecule has 4 unspecified atom stereocenters. The van der Waals surface area contributed by atoms with Crippen LogP contribution < -0.4 is 0 Å². The van der Waals surface area contributed by atoms with Gasteiger partial charge in [0.05, 0.1) is 27.8 Å². The van der Waals surface area contributed by atoms with Crippen molar-refractivity contribution in [1.29, 1.82) is 0 Å². The lowest BCUT2D eigenvalue weighted by molar-refractivity contribution is 0.451. The van der Waals surface area contributed by atoms with Gasteiger partial charge in [-0.2, -0.15) is 0 Å². The maximum Gasteiger partial charge on any atom is 0.178 e. The number of fused-ring (bicyclic) bond motifs is 9. The van der Waals surface area contributed by atoms with Crippen molar-refractivity contribution >= 4 is 38.5 Å². The Morgan fingerprint density at radius 1 is 0.569 bits per heavy atom. The number of benzene rings is 4. The highest BCUT2D eigenvalue weighted by molar-refractivity contribution is 6.04. The van der Waals surface area contributed by atoms with Crippen molar-refractivity contribution in [3.05, 3.63) is 257 Å². The van der Waals surface area contributed by atoms with Crippen molar-refractivity contribution in [1.82, 2.24) is 19.9 Å². The number of hydrogen-bond acceptors (Lipinski definition) is 4. The van der Waals surface area contributed by atoms with Gasteiger partial charge in [-0.1, -0.05) is 182 Å². The molecule has 0 saturated heterocycles. The van der Waals surface area contributed by atoms with E-state index in [1.54, 1.807) is 0 Å². The van der Waals surface area contributed by atoms with Crippen molar-refractivity contribution in [3.63, 3.8) is 0 Å². The predicted molar refractivity (Wildman–Crippen MR) is 266 cm³/mol. The molecule has 0 aliphatic heterocycles. The molecule has 3 aromatic heterocycles. The molecular formula is C61H44N4. The van der Waals surface area contributed by atoms with Gasteiger partial charge in [-0.3, -0.25) is 0 Å². The van der Waals surface area contributed by atoms with Crippen LogP contribution in [0.5, 0.6) is 0 Å². The number of allylic oxidation sites excluding steroid dienone is 20. The Labute approximate surface area is 379 Å². The first-order chi connectivity index (χ1) is 32.2. The van der Waals surface area contributed by atoms with E-state index < -0.39 is 0 Å². The molecule has 308 valence electrons. The molecule has 65 heavy (non-hydrogen) atoms. The summed E-state index contributed by atoms with van der Waals surface area (Å²) < 4.78 is 0. The fraction of sp³-hybridized carbons (Fsp3) is 0.115. The Balaban J connectivity index is 0.890. The van der Waals surface area contributed by atoms with Crippen LogP contribution in [0, 0.1) is 17.8 Å². The van der Waals surface area contributed by atoms with Crippen LogP contribution in [0.4, 0.5) is 0 Å². The summed E-state index contributed by atoms with van der Waals surface area (Å²) in [5.74, 6) is 1.32. The maximum absolute atomic E-state index is 5.17. The largest absolute Gasteiger partial charge is 0.246 e. The number of aromatic nitrogens is 4. The van der Waals surface area contributed by atoms with Crippen molar-refractivity contribution in [2.45, 2.75) is 24.7 Å². The third-order valence-electron chi connectivity index (χ3n) is 14.4. The SMILES string of the molecule is C1=CCC(C2(c3ccccc3)C3=CC4C(=C(c5ccc(-c6ccnc(-c7ccc8ccc9ccc(C%10=CCCC=C%10)nc9c8n7)n6)cc5)C=C5C=CC=CC54)C=C3c3ccccc32)C=C1. The number of rotatable bonds is 6. The minimum absolute atomic E-state index is 0.184. The summed E-state index contributed by atoms with van der Waals surface area (Å²) in [4.78, 5) is 20.1. The molecule has 0 bridgehead atoms. The van der Waals surface area contributed by atoms with Gasteiger partial charge in [0.1, 0.15) is 5.69 Å². The van der Waals surface area contributed by atoms with Gasteiger partial charge in [0, 0.05) is 34.4 Å². The predicted octanol–water partition coefficient (Wildman–Crippen LogP) is 14.1. The number of pyridine rings is 2. The second kappa shape index (κ2) is 15.2. The van der Waals surface area contributed by atoms with Crippen LogP contribution in [-0.4, -0.2) is 19.9 Å². The Bertz CT molecular complexity index is 3460. The van der Waals surface area contributed by atoms with Crippen molar-refractivity contribution in [3.8, 4) is 22.8 Å². The van der Waals surface area contributed by atoms with Gasteiger partial charge in [-0.25, -0.2) is 19.9 Å². The van der Waals surface area contributed by atoms with E-state index in [-0.39, 0.29) is 23.2 Å². The molecule has 4 nitrogen and oxygen atoms in total. The Morgan fingerprint density at radius 2 is 1.34 bits per heavy atom. The summed E-state index contributed by atoms with van der Waals surface area (Å²) in [5.41, 5.74) is 18.3. The van der Waals surface area contributed by atoms with Crippen LogP contribution >= 0.6 is 0 Å². The van der Waals surface area contributed by atoms with Crippen LogP contribution in [0.2, 0.25) is 0 Å². The van der Waals surface area contributed by atoms with E-state index in [1.165, 1.54) is 50.1 Å². The molecule has 4 heteroatoms. The lowest BCUT2D eigenvalue weighted by Crippen LogP contribution is -2.37. The van der Waals surface area contributed by atoms with Crippen molar-refractivity contribution in [2.24, 2.45) is 17.8 Å². The van der Waals surface area contributed by atoms with Gasteiger partial charge >= 0.3 is 0 Å². The molecule has 3 heterocycles. The molecule has 6 aliphatic rings. The normalized spacial score (nSPS) is 22.5. The molecule has 7 aromatic rings. The summed E-state index contributed by atoms with van der Waals surface area (Å²) in [6, 6.07) is 44.0. The number of hydrogen-bond donors (Lipinski definition) is 0. The summed E-state index contributed by atoms with van der Waals surface area (Å²) in [6.07, 6.45) is 37.6. The number of nitrogens with zero attached hydrogens (tertiary/aromatic N) is 4. The quantitative estimate of drug-likeness (QED) is 0.157. The zero-order chi connectivity index (χ0) is 42.9. The zero-order valence-electron chi connectivity index (χ0n) is 35.8. The third kappa shape index (κ3) is 6.04. The van der Waals surface area contributed by atoms with E-state index in [9.17, 15) is 0 Å². The highest BCUT2D eigenvalue weighted by Crippen LogP contribution is 2.62. The fourth-order valence-corrected chi connectivity index (χ4v) is 11.4. The van der Waals surface area contributed by atoms with Gasteiger partial charge in [0.15, 0.2) is 5.82 Å². The highest BCUT2D eigenvalue weighted by Gasteiger charge is 2.52. The van der Waals surface area contributed by atoms with E-state index in [4.69, 9.17) is 19.9 Å². The average Bonchev–Trinajstić information content (AvgIpc) is 3.68. The minimum atomic E-state index is -0.300. The van der Waals surface area contributed by atoms with Crippen LogP contribution in [-0.2, 0) is 5.41 Å². The van der Waals surface area contributed by atoms with Gasteiger partial charge in [0.2, 0.25) is 0 Å². The smallest absolute Gasteiger partial charge is 0.178 e. The maximum atomic E-state index is 5.17. The molecule has 0 spiro atoms. The molecule has 0 amide bonds. The summed E-state index contributed by atoms with van der Waals surface area (Å²) in [6.45, 7) is 0. The van der Waals surface area contributed by atoms with Crippen molar-refractivity contribution in [2.75, 3.05) is 0 Å². The summed E-state index contributed by atoms with van der Waals surface area (Å²) >= 11 is 0. The van der Waals surface area contributed by atoms with Crippen LogP contribution in [0.1, 0.15) is 47.2 Å². The fourth-order valence-electron chi connectivity index (χ4n) is 11.4. The lowest BCUT2D eigenvalue weighted by atomic mass is 9.59. The van der Waals surface area contributed by atoms with Crippen LogP contribution in [0.3, 0.4) is 0 Å². The highest BCUT2D eigenvalue weighted by atomic mass is 14.9. The standard InChI is InChI=1S/C61H44N4/c1-4-14-40(15-5-1)55-32-30-42-28-29-43-31-33-57(64-59(43)58(42)63-55)60-62-35-34-56(65-60)41-26-24-39(25-27-41)49-36-44-16-10-11-21-47(44)51-38-54-52(37-50(49)51)48-22-12-13-23-53(48)61(54,45-17-6-2-7-18-45)46-19-8-3-9-20-46/h2-4,6-19,21-38,46-47,51H,1,5,20H2. The van der Waals surface area contributed by atoms with Gasteiger partial charge in [0.25, 0.3) is 0 Å². The Hall–Kier alpha value is -7.82. The lowest BCUT2D eigenvalue weighted by Gasteiger charge is -2.42. The van der Waals surface area contributed by atoms with Crippen molar-refractivity contribution < 1.29 is 0 Å². The first kappa shape index (κ1) is 37.7. The molecule has 0 radical (unpaired) electrons. The molecule has 13 rings (SSSR count). The first-order valence-electron chi connectivity index (χ1n) is 23.0. The van der Waals surface area contributed by atoms with E-state index in [0.717, 1.165) is 69.3 Å². The summed E-state index contributed by atoms with van der Waals surface area (Å²) in [7, 11) is 0. The minimum Gasteiger partial charge on any atom is -0.246 e. The molecule has 0 fully saturated rings.